The van der Waals surface area contributed by atoms with Crippen molar-refractivity contribution in [1.82, 2.24) is 15.1 Å². The van der Waals surface area contributed by atoms with Gasteiger partial charge in [-0.05, 0) is 68.0 Å². The van der Waals surface area contributed by atoms with Crippen LogP contribution in [0.1, 0.15) is 57.1 Å². The fourth-order valence-electron chi connectivity index (χ4n) is 5.40. The summed E-state index contributed by atoms with van der Waals surface area (Å²) < 4.78 is 0. The van der Waals surface area contributed by atoms with Crippen molar-refractivity contribution in [3.05, 3.63) is 108 Å². The Bertz CT molecular complexity index is 1420. The largest absolute Gasteiger partial charge is 0.354 e. The second-order valence-electron chi connectivity index (χ2n) is 13.0. The van der Waals surface area contributed by atoms with Gasteiger partial charge < -0.3 is 26.6 Å². The van der Waals surface area contributed by atoms with E-state index in [4.69, 9.17) is 11.5 Å². The summed E-state index contributed by atoms with van der Waals surface area (Å²) in [6.45, 7) is 4.97. The molecule has 3 aromatic carbocycles. The molecule has 3 aromatic rings. The number of benzene rings is 3. The van der Waals surface area contributed by atoms with E-state index in [-0.39, 0.29) is 24.1 Å². The Labute approximate surface area is 281 Å². The lowest BCUT2D eigenvalue weighted by Gasteiger charge is -2.34. The van der Waals surface area contributed by atoms with E-state index in [1.165, 1.54) is 15.9 Å². The lowest BCUT2D eigenvalue weighted by Crippen LogP contribution is -2.56. The van der Waals surface area contributed by atoms with Crippen LogP contribution in [0.3, 0.4) is 0 Å². The molecule has 0 spiro atoms. The van der Waals surface area contributed by atoms with Crippen molar-refractivity contribution < 1.29 is 14.4 Å². The van der Waals surface area contributed by atoms with Crippen LogP contribution in [0.4, 0.5) is 0 Å². The van der Waals surface area contributed by atoms with Crippen molar-refractivity contribution in [3.63, 3.8) is 0 Å². The summed E-state index contributed by atoms with van der Waals surface area (Å²) in [5.41, 5.74) is 15.3. The van der Waals surface area contributed by atoms with Crippen LogP contribution in [0.5, 0.6) is 0 Å². The molecule has 0 aliphatic rings. The van der Waals surface area contributed by atoms with Gasteiger partial charge in [-0.3, -0.25) is 14.4 Å². The minimum absolute atomic E-state index is 0.214. The molecule has 0 unspecified atom stereocenters. The van der Waals surface area contributed by atoms with Gasteiger partial charge in [-0.2, -0.15) is 0 Å². The minimum Gasteiger partial charge on any atom is -0.354 e. The Morgan fingerprint density at radius 3 is 1.91 bits per heavy atom. The Kier molecular flexibility index (Phi) is 14.9. The first-order valence-electron chi connectivity index (χ1n) is 16.6. The van der Waals surface area contributed by atoms with Crippen molar-refractivity contribution in [3.8, 4) is 11.1 Å². The van der Waals surface area contributed by atoms with Crippen molar-refractivity contribution in [2.75, 3.05) is 27.2 Å². The van der Waals surface area contributed by atoms with Crippen LogP contribution >= 0.6 is 0 Å². The highest BCUT2D eigenvalue weighted by Crippen LogP contribution is 2.21. The highest BCUT2D eigenvalue weighted by Gasteiger charge is 2.34. The highest BCUT2D eigenvalue weighted by molar-refractivity contribution is 5.95. The lowest BCUT2D eigenvalue weighted by atomic mass is 9.98. The van der Waals surface area contributed by atoms with E-state index in [2.05, 4.69) is 17.4 Å². The standard InChI is InChI=1S/C39H53N5O3/c1-39(2,41)25-15-20-36(45)43(3)35(29-31-21-23-33(24-22-31)32-18-11-8-12-19-32)38(47)44(4)34(28-30-16-9-7-10-17-30)37(46)42-27-14-6-5-13-26-40/h7-12,15-24,34-35H,5-6,13-14,25-29,40-41H2,1-4H3,(H,42,46)/b20-15-/t34-,35-/m0/s1. The molecular formula is C39H53N5O3. The van der Waals surface area contributed by atoms with E-state index >= 15 is 0 Å². The van der Waals surface area contributed by atoms with Crippen molar-refractivity contribution in [2.24, 2.45) is 11.5 Å². The second-order valence-corrected chi connectivity index (χ2v) is 13.0. The van der Waals surface area contributed by atoms with Crippen LogP contribution in [0, 0.1) is 0 Å². The summed E-state index contributed by atoms with van der Waals surface area (Å²) >= 11 is 0. The fourth-order valence-corrected chi connectivity index (χ4v) is 5.40. The summed E-state index contributed by atoms with van der Waals surface area (Å²) in [6.07, 6.45) is 8.17. The van der Waals surface area contributed by atoms with Crippen LogP contribution < -0.4 is 16.8 Å². The Morgan fingerprint density at radius 2 is 1.30 bits per heavy atom. The predicted octanol–water partition coefficient (Wildman–Crippen LogP) is 5.11. The number of likely N-dealkylation sites (N-methyl/N-ethyl adjacent to an activating group) is 2. The average Bonchev–Trinajstić information content (AvgIpc) is 3.07. The molecule has 0 heterocycles. The lowest BCUT2D eigenvalue weighted by molar-refractivity contribution is -0.146. The predicted molar refractivity (Wildman–Crippen MR) is 191 cm³/mol. The topological polar surface area (TPSA) is 122 Å². The number of unbranched alkanes of at least 4 members (excludes halogenated alkanes) is 3. The number of hydrogen-bond acceptors (Lipinski definition) is 5. The number of nitrogens with two attached hydrogens (primary N) is 2. The number of nitrogens with zero attached hydrogens (tertiary/aromatic N) is 2. The molecule has 252 valence electrons. The number of carbonyl (C=O) groups is 3. The van der Waals surface area contributed by atoms with E-state index in [9.17, 15) is 14.4 Å². The normalized spacial score (nSPS) is 12.8. The first-order valence-corrected chi connectivity index (χ1v) is 16.6. The zero-order valence-electron chi connectivity index (χ0n) is 28.5. The summed E-state index contributed by atoms with van der Waals surface area (Å²) in [5.74, 6) is -0.823. The van der Waals surface area contributed by atoms with Gasteiger partial charge in [0.05, 0.1) is 0 Å². The number of carbonyl (C=O) groups excluding carboxylic acids is 3. The number of amides is 3. The van der Waals surface area contributed by atoms with Crippen LogP contribution in [0.25, 0.3) is 11.1 Å². The third kappa shape index (κ3) is 12.5. The zero-order valence-corrected chi connectivity index (χ0v) is 28.5. The average molecular weight is 640 g/mol. The number of nitrogens with one attached hydrogen (secondary N) is 1. The molecular weight excluding hydrogens is 586 g/mol. The molecule has 2 atom stereocenters. The highest BCUT2D eigenvalue weighted by atomic mass is 16.2. The third-order valence-corrected chi connectivity index (χ3v) is 8.31. The van der Waals surface area contributed by atoms with Gasteiger partial charge in [-0.25, -0.2) is 0 Å². The van der Waals surface area contributed by atoms with Crippen LogP contribution in [0.15, 0.2) is 97.1 Å². The van der Waals surface area contributed by atoms with E-state index in [0.29, 0.717) is 25.9 Å². The summed E-state index contributed by atoms with van der Waals surface area (Å²) in [4.78, 5) is 44.4. The van der Waals surface area contributed by atoms with Gasteiger partial charge in [-0.1, -0.05) is 104 Å². The SMILES string of the molecule is CN(C(=O)/C=C\CC(C)(C)N)[C@@H](Cc1ccc(-c2ccccc2)cc1)C(=O)N(C)[C@@H](Cc1ccccc1)C(=O)NCCCCCCN. The van der Waals surface area contributed by atoms with Crippen molar-refractivity contribution in [2.45, 2.75) is 76.4 Å². The molecule has 3 amide bonds. The number of hydrogen-bond donors (Lipinski definition) is 3. The smallest absolute Gasteiger partial charge is 0.246 e. The quantitative estimate of drug-likeness (QED) is 0.132. The molecule has 8 nitrogen and oxygen atoms in total. The van der Waals surface area contributed by atoms with E-state index in [1.54, 1.807) is 20.2 Å². The van der Waals surface area contributed by atoms with Gasteiger partial charge in [0.1, 0.15) is 12.1 Å². The molecule has 0 aliphatic heterocycles. The van der Waals surface area contributed by atoms with E-state index in [0.717, 1.165) is 47.9 Å². The van der Waals surface area contributed by atoms with Crippen LogP contribution in [-0.4, -0.2) is 72.3 Å². The van der Waals surface area contributed by atoms with Gasteiger partial charge in [-0.15, -0.1) is 0 Å². The Hall–Kier alpha value is -4.27. The summed E-state index contributed by atoms with van der Waals surface area (Å²) in [7, 11) is 3.30. The van der Waals surface area contributed by atoms with Gasteiger partial charge in [0.2, 0.25) is 17.7 Å². The van der Waals surface area contributed by atoms with E-state index in [1.807, 2.05) is 86.6 Å². The van der Waals surface area contributed by atoms with Crippen LogP contribution in [0.2, 0.25) is 0 Å². The molecule has 0 radical (unpaired) electrons. The third-order valence-electron chi connectivity index (χ3n) is 8.31. The fraction of sp³-hybridized carbons (Fsp3) is 0.410. The maximum absolute atomic E-state index is 14.4. The van der Waals surface area contributed by atoms with Crippen LogP contribution in [-0.2, 0) is 27.2 Å². The summed E-state index contributed by atoms with van der Waals surface area (Å²) in [6, 6.07) is 26.2. The molecule has 47 heavy (non-hydrogen) atoms. The molecule has 3 rings (SSSR count). The Morgan fingerprint density at radius 1 is 0.745 bits per heavy atom. The van der Waals surface area contributed by atoms with E-state index < -0.39 is 17.6 Å². The van der Waals surface area contributed by atoms with Gasteiger partial charge in [0, 0.05) is 39.0 Å². The first-order chi connectivity index (χ1) is 22.5. The monoisotopic (exact) mass is 639 g/mol. The molecule has 0 bridgehead atoms. The first kappa shape index (κ1) is 37.2. The van der Waals surface area contributed by atoms with Gasteiger partial charge in [0.25, 0.3) is 0 Å². The van der Waals surface area contributed by atoms with Gasteiger partial charge in [0.15, 0.2) is 0 Å². The maximum Gasteiger partial charge on any atom is 0.246 e. The molecule has 8 heteroatoms. The molecule has 0 fully saturated rings. The molecule has 0 aliphatic carbocycles. The molecule has 0 saturated heterocycles. The maximum atomic E-state index is 14.4. The van der Waals surface area contributed by atoms with Crippen molar-refractivity contribution >= 4 is 17.7 Å². The zero-order chi connectivity index (χ0) is 34.2. The molecule has 5 N–H and O–H groups in total. The second kappa shape index (κ2) is 18.8. The molecule has 0 aromatic heterocycles. The summed E-state index contributed by atoms with van der Waals surface area (Å²) in [5, 5.41) is 3.05. The minimum atomic E-state index is -0.840. The molecule has 0 saturated carbocycles. The Balaban J connectivity index is 1.87. The van der Waals surface area contributed by atoms with Crippen molar-refractivity contribution in [1.29, 1.82) is 0 Å². The van der Waals surface area contributed by atoms with Gasteiger partial charge >= 0.3 is 0 Å². The number of rotatable bonds is 18.